The summed E-state index contributed by atoms with van der Waals surface area (Å²) in [6, 6.07) is -0.0101. The highest BCUT2D eigenvalue weighted by atomic mass is 35.5. The Bertz CT molecular complexity index is 398. The van der Waals surface area contributed by atoms with Crippen molar-refractivity contribution in [3.05, 3.63) is 0 Å². The highest BCUT2D eigenvalue weighted by Crippen LogP contribution is 2.47. The zero-order valence-electron chi connectivity index (χ0n) is 12.4. The van der Waals surface area contributed by atoms with Crippen LogP contribution in [0.2, 0.25) is 0 Å². The number of rotatable bonds is 4. The van der Waals surface area contributed by atoms with Crippen LogP contribution in [-0.4, -0.2) is 45.0 Å². The van der Waals surface area contributed by atoms with E-state index in [1.807, 2.05) is 0 Å². The maximum atomic E-state index is 12.4. The van der Waals surface area contributed by atoms with Crippen LogP contribution in [-0.2, 0) is 9.36 Å². The van der Waals surface area contributed by atoms with E-state index in [1.165, 1.54) is 24.2 Å². The topological polar surface area (TPSA) is 89.9 Å². The standard InChI is InChI=1S/C13H25N2O4P.ClH/c1-10(14-11-6-3-2-4-7-11)13(16)15-9-5-8-12(15)20(17,18)19;/h10-12,14H,2-9H2,1H3,(H2,17,18,19);1H/t10-,12+;/m0./s1. The maximum absolute atomic E-state index is 12.4. The van der Waals surface area contributed by atoms with E-state index in [0.717, 1.165) is 12.8 Å². The van der Waals surface area contributed by atoms with Gasteiger partial charge >= 0.3 is 7.60 Å². The quantitative estimate of drug-likeness (QED) is 0.679. The summed E-state index contributed by atoms with van der Waals surface area (Å²) in [5.74, 6) is -1.10. The van der Waals surface area contributed by atoms with Crippen LogP contribution in [0.1, 0.15) is 51.9 Å². The van der Waals surface area contributed by atoms with E-state index in [-0.39, 0.29) is 24.4 Å². The van der Waals surface area contributed by atoms with Crippen molar-refractivity contribution in [1.82, 2.24) is 10.2 Å². The van der Waals surface area contributed by atoms with Crippen LogP contribution < -0.4 is 5.32 Å². The Morgan fingerprint density at radius 3 is 2.38 bits per heavy atom. The van der Waals surface area contributed by atoms with Crippen molar-refractivity contribution in [1.29, 1.82) is 0 Å². The van der Waals surface area contributed by atoms with Gasteiger partial charge in [0.25, 0.3) is 0 Å². The van der Waals surface area contributed by atoms with Crippen LogP contribution in [0.5, 0.6) is 0 Å². The van der Waals surface area contributed by atoms with Gasteiger partial charge in [0.15, 0.2) is 0 Å². The van der Waals surface area contributed by atoms with Gasteiger partial charge in [-0.2, -0.15) is 0 Å². The first-order valence-electron chi connectivity index (χ1n) is 7.51. The Morgan fingerprint density at radius 2 is 1.81 bits per heavy atom. The molecule has 1 aliphatic carbocycles. The number of amides is 1. The van der Waals surface area contributed by atoms with Gasteiger partial charge in [-0.25, -0.2) is 0 Å². The Balaban J connectivity index is 0.00000220. The van der Waals surface area contributed by atoms with E-state index in [2.05, 4.69) is 5.32 Å². The molecule has 1 amide bonds. The number of likely N-dealkylation sites (tertiary alicyclic amines) is 1. The number of halogens is 1. The molecule has 0 bridgehead atoms. The molecular formula is C13H26ClN2O4P. The Morgan fingerprint density at radius 1 is 1.19 bits per heavy atom. The van der Waals surface area contributed by atoms with E-state index >= 15 is 0 Å². The molecule has 6 nitrogen and oxygen atoms in total. The summed E-state index contributed by atoms with van der Waals surface area (Å²) in [7, 11) is -4.23. The minimum atomic E-state index is -4.23. The van der Waals surface area contributed by atoms with Crippen LogP contribution in [0.25, 0.3) is 0 Å². The van der Waals surface area contributed by atoms with Gasteiger partial charge in [0, 0.05) is 12.6 Å². The molecule has 2 fully saturated rings. The van der Waals surface area contributed by atoms with Crippen LogP contribution in [0.3, 0.4) is 0 Å². The van der Waals surface area contributed by atoms with E-state index in [9.17, 15) is 19.1 Å². The number of nitrogens with zero attached hydrogens (tertiary/aromatic N) is 1. The third-order valence-electron chi connectivity index (χ3n) is 4.35. The highest BCUT2D eigenvalue weighted by molar-refractivity contribution is 7.52. The highest BCUT2D eigenvalue weighted by Gasteiger charge is 2.41. The first kappa shape index (κ1) is 18.9. The lowest BCUT2D eigenvalue weighted by Crippen LogP contribution is -2.50. The Hall–Kier alpha value is -0.130. The number of hydrogen-bond donors (Lipinski definition) is 3. The second-order valence-electron chi connectivity index (χ2n) is 5.97. The molecule has 1 heterocycles. The molecule has 0 unspecified atom stereocenters. The molecule has 124 valence electrons. The van der Waals surface area contributed by atoms with Crippen molar-refractivity contribution >= 4 is 25.9 Å². The summed E-state index contributed by atoms with van der Waals surface area (Å²) in [4.78, 5) is 32.4. The minimum Gasteiger partial charge on any atom is -0.327 e. The second-order valence-corrected chi connectivity index (χ2v) is 7.74. The molecule has 1 saturated heterocycles. The van der Waals surface area contributed by atoms with E-state index in [4.69, 9.17) is 0 Å². The van der Waals surface area contributed by atoms with Gasteiger partial charge in [-0.15, -0.1) is 12.4 Å². The molecule has 1 aliphatic heterocycles. The molecule has 0 aromatic carbocycles. The van der Waals surface area contributed by atoms with Crippen LogP contribution in [0.15, 0.2) is 0 Å². The Kier molecular flexibility index (Phi) is 7.14. The number of carbonyl (C=O) groups is 1. The third-order valence-corrected chi connectivity index (χ3v) is 5.67. The van der Waals surface area contributed by atoms with Gasteiger partial charge in [-0.3, -0.25) is 9.36 Å². The average molecular weight is 341 g/mol. The summed E-state index contributed by atoms with van der Waals surface area (Å²) in [6.45, 7) is 2.25. The van der Waals surface area contributed by atoms with E-state index in [1.54, 1.807) is 6.92 Å². The molecule has 21 heavy (non-hydrogen) atoms. The largest absolute Gasteiger partial charge is 0.347 e. The first-order chi connectivity index (χ1) is 9.39. The summed E-state index contributed by atoms with van der Waals surface area (Å²) in [5, 5.41) is 3.32. The molecule has 0 aromatic heterocycles. The normalized spacial score (nSPS) is 25.5. The fourth-order valence-corrected chi connectivity index (χ4v) is 4.41. The summed E-state index contributed by atoms with van der Waals surface area (Å²) in [5.41, 5.74) is 0. The van der Waals surface area contributed by atoms with Crippen molar-refractivity contribution in [2.45, 2.75) is 69.7 Å². The van der Waals surface area contributed by atoms with Crippen LogP contribution >= 0.6 is 20.0 Å². The van der Waals surface area contributed by atoms with Crippen LogP contribution in [0.4, 0.5) is 0 Å². The predicted molar refractivity (Wildman–Crippen MR) is 83.5 cm³/mol. The lowest BCUT2D eigenvalue weighted by molar-refractivity contribution is -0.133. The SMILES string of the molecule is C[C@H](NC1CCCCC1)C(=O)N1CCC[C@H]1P(=O)(O)O.Cl. The molecule has 0 radical (unpaired) electrons. The van der Waals surface area contributed by atoms with E-state index < -0.39 is 13.4 Å². The van der Waals surface area contributed by atoms with Crippen molar-refractivity contribution < 1.29 is 19.1 Å². The maximum Gasteiger partial charge on any atom is 0.347 e. The molecule has 1 saturated carbocycles. The summed E-state index contributed by atoms with van der Waals surface area (Å²) in [6.07, 6.45) is 6.86. The minimum absolute atomic E-state index is 0. The van der Waals surface area contributed by atoms with Crippen molar-refractivity contribution in [2.24, 2.45) is 0 Å². The zero-order chi connectivity index (χ0) is 14.8. The van der Waals surface area contributed by atoms with Gasteiger partial charge in [-0.1, -0.05) is 19.3 Å². The number of hydrogen-bond acceptors (Lipinski definition) is 3. The van der Waals surface area contributed by atoms with Gasteiger partial charge in [-0.05, 0) is 32.6 Å². The predicted octanol–water partition coefficient (Wildman–Crippen LogP) is 1.85. The zero-order valence-corrected chi connectivity index (χ0v) is 14.1. The number of carbonyl (C=O) groups excluding carboxylic acids is 1. The molecule has 2 atom stereocenters. The third kappa shape index (κ3) is 4.93. The molecule has 0 aromatic rings. The van der Waals surface area contributed by atoms with E-state index in [0.29, 0.717) is 25.4 Å². The number of nitrogens with one attached hydrogen (secondary N) is 1. The molecule has 8 heteroatoms. The molecule has 2 rings (SSSR count). The Labute approximate surface area is 132 Å². The van der Waals surface area contributed by atoms with Gasteiger partial charge in [0.05, 0.1) is 6.04 Å². The summed E-state index contributed by atoms with van der Waals surface area (Å²) >= 11 is 0. The van der Waals surface area contributed by atoms with Gasteiger partial charge in [0.2, 0.25) is 5.91 Å². The van der Waals surface area contributed by atoms with Crippen molar-refractivity contribution in [3.8, 4) is 0 Å². The average Bonchev–Trinajstić information content (AvgIpc) is 2.88. The summed E-state index contributed by atoms with van der Waals surface area (Å²) < 4.78 is 11.4. The monoisotopic (exact) mass is 340 g/mol. The molecular weight excluding hydrogens is 315 g/mol. The van der Waals surface area contributed by atoms with Crippen LogP contribution in [0, 0.1) is 0 Å². The molecule has 2 aliphatic rings. The van der Waals surface area contributed by atoms with Crippen molar-refractivity contribution in [3.63, 3.8) is 0 Å². The molecule has 0 spiro atoms. The lowest BCUT2D eigenvalue weighted by atomic mass is 9.95. The van der Waals surface area contributed by atoms with Crippen molar-refractivity contribution in [2.75, 3.05) is 6.54 Å². The lowest BCUT2D eigenvalue weighted by Gasteiger charge is -2.31. The first-order valence-corrected chi connectivity index (χ1v) is 9.19. The molecule has 3 N–H and O–H groups in total. The van der Waals surface area contributed by atoms with Gasteiger partial charge < -0.3 is 20.0 Å². The second kappa shape index (κ2) is 7.93. The van der Waals surface area contributed by atoms with Gasteiger partial charge in [0.1, 0.15) is 5.78 Å². The fraction of sp³-hybridized carbons (Fsp3) is 0.923. The smallest absolute Gasteiger partial charge is 0.327 e. The fourth-order valence-electron chi connectivity index (χ4n) is 3.30.